The Bertz CT molecular complexity index is 859. The molecular formula is C18H18ClN3OS2. The molecule has 3 rings (SSSR count). The monoisotopic (exact) mass is 391 g/mol. The summed E-state index contributed by atoms with van der Waals surface area (Å²) in [4.78, 5) is 6.94. The highest BCUT2D eigenvalue weighted by Gasteiger charge is 2.10. The maximum atomic E-state index is 6.23. The molecule has 2 aromatic heterocycles. The number of aryl methyl sites for hydroxylation is 1. The molecule has 2 heterocycles. The maximum Gasteiger partial charge on any atom is 0.204 e. The Morgan fingerprint density at radius 1 is 1.36 bits per heavy atom. The highest BCUT2D eigenvalue weighted by molar-refractivity contribution is 7.17. The fraction of sp³-hybridized carbons (Fsp3) is 0.222. The molecular weight excluding hydrogens is 374 g/mol. The average molecular weight is 392 g/mol. The van der Waals surface area contributed by atoms with E-state index in [1.54, 1.807) is 28.9 Å². The van der Waals surface area contributed by atoms with Gasteiger partial charge >= 0.3 is 0 Å². The van der Waals surface area contributed by atoms with E-state index >= 15 is 0 Å². The third kappa shape index (κ3) is 4.60. The molecule has 25 heavy (non-hydrogen) atoms. The molecule has 0 fully saturated rings. The topological polar surface area (TPSA) is 46.5 Å². The summed E-state index contributed by atoms with van der Waals surface area (Å²) in [5.74, 6) is 0.699. The Morgan fingerprint density at radius 3 is 2.96 bits per heavy atom. The van der Waals surface area contributed by atoms with Crippen LogP contribution in [0, 0.1) is 6.92 Å². The number of halogens is 1. The quantitative estimate of drug-likeness (QED) is 0.392. The Kier molecular flexibility index (Phi) is 6.07. The molecule has 1 N–H and O–H groups in total. The summed E-state index contributed by atoms with van der Waals surface area (Å²) in [5, 5.41) is 7.67. The fourth-order valence-electron chi connectivity index (χ4n) is 2.17. The lowest BCUT2D eigenvalue weighted by Crippen LogP contribution is -1.96. The van der Waals surface area contributed by atoms with Gasteiger partial charge in [-0.15, -0.1) is 22.7 Å². The second kappa shape index (κ2) is 8.47. The predicted octanol–water partition coefficient (Wildman–Crippen LogP) is 6.07. The lowest BCUT2D eigenvalue weighted by atomic mass is 10.2. The van der Waals surface area contributed by atoms with Gasteiger partial charge in [0.15, 0.2) is 0 Å². The predicted molar refractivity (Wildman–Crippen MR) is 109 cm³/mol. The van der Waals surface area contributed by atoms with Gasteiger partial charge in [-0.25, -0.2) is 4.98 Å². The second-order valence-electron chi connectivity index (χ2n) is 5.31. The number of nitrogens with zero attached hydrogens (tertiary/aromatic N) is 2. The van der Waals surface area contributed by atoms with Gasteiger partial charge in [0.1, 0.15) is 5.75 Å². The first kappa shape index (κ1) is 17.9. The van der Waals surface area contributed by atoms with E-state index in [1.807, 2.05) is 24.3 Å². The number of nitrogens with one attached hydrogen (secondary N) is 1. The highest BCUT2D eigenvalue weighted by Crippen LogP contribution is 2.33. The van der Waals surface area contributed by atoms with Crippen LogP contribution in [0.2, 0.25) is 5.02 Å². The zero-order valence-electron chi connectivity index (χ0n) is 14.0. The molecule has 0 saturated carbocycles. The van der Waals surface area contributed by atoms with Crippen molar-refractivity contribution in [3.05, 3.63) is 51.2 Å². The van der Waals surface area contributed by atoms with Crippen LogP contribution in [0.25, 0.3) is 10.6 Å². The molecule has 7 heteroatoms. The molecule has 0 unspecified atom stereocenters. The first-order valence-corrected chi connectivity index (χ1v) is 9.97. The standard InChI is InChI=1S/C18H18ClN3OS2/c1-3-8-23-15-7-6-13(10-14(15)19)11-20-22-18-21-17(12(2)25-18)16-5-4-9-24-16/h4-7,9-11H,3,8H2,1-2H3,(H,21,22)/b20-11-. The fourth-order valence-corrected chi connectivity index (χ4v) is 4.03. The van der Waals surface area contributed by atoms with Crippen LogP contribution < -0.4 is 10.2 Å². The van der Waals surface area contributed by atoms with Crippen LogP contribution in [-0.2, 0) is 0 Å². The number of ether oxygens (including phenoxy) is 1. The van der Waals surface area contributed by atoms with Crippen molar-refractivity contribution in [2.45, 2.75) is 20.3 Å². The van der Waals surface area contributed by atoms with Crippen molar-refractivity contribution in [2.24, 2.45) is 5.10 Å². The Balaban J connectivity index is 1.65. The SMILES string of the molecule is CCCOc1ccc(/C=N\Nc2nc(-c3cccs3)c(C)s2)cc1Cl. The summed E-state index contributed by atoms with van der Waals surface area (Å²) < 4.78 is 5.57. The summed E-state index contributed by atoms with van der Waals surface area (Å²) in [6.45, 7) is 4.78. The minimum Gasteiger partial charge on any atom is -0.492 e. The van der Waals surface area contributed by atoms with Crippen LogP contribution in [0.15, 0.2) is 40.8 Å². The molecule has 0 amide bonds. The van der Waals surface area contributed by atoms with Gasteiger partial charge in [0.2, 0.25) is 5.13 Å². The average Bonchev–Trinajstić information content (AvgIpc) is 3.23. The molecule has 130 valence electrons. The van der Waals surface area contributed by atoms with Gasteiger partial charge in [-0.05, 0) is 48.6 Å². The van der Waals surface area contributed by atoms with Crippen LogP contribution in [0.3, 0.4) is 0 Å². The molecule has 0 spiro atoms. The van der Waals surface area contributed by atoms with Gasteiger partial charge in [-0.1, -0.05) is 24.6 Å². The lowest BCUT2D eigenvalue weighted by molar-refractivity contribution is 0.317. The molecule has 3 aromatic rings. The van der Waals surface area contributed by atoms with E-state index in [2.05, 4.69) is 40.8 Å². The van der Waals surface area contributed by atoms with Crippen molar-refractivity contribution in [3.8, 4) is 16.3 Å². The van der Waals surface area contributed by atoms with Gasteiger partial charge in [-0.2, -0.15) is 5.10 Å². The first-order valence-electron chi connectivity index (χ1n) is 7.90. The summed E-state index contributed by atoms with van der Waals surface area (Å²) >= 11 is 9.50. The Labute approximate surface area is 160 Å². The molecule has 0 aliphatic carbocycles. The minimum atomic E-state index is 0.586. The van der Waals surface area contributed by atoms with Crippen molar-refractivity contribution in [1.82, 2.24) is 4.98 Å². The molecule has 0 aliphatic rings. The zero-order chi connectivity index (χ0) is 17.6. The van der Waals surface area contributed by atoms with Crippen LogP contribution in [0.1, 0.15) is 23.8 Å². The smallest absolute Gasteiger partial charge is 0.204 e. The van der Waals surface area contributed by atoms with E-state index in [1.165, 1.54) is 9.75 Å². The number of hydrogen-bond acceptors (Lipinski definition) is 6. The summed E-state index contributed by atoms with van der Waals surface area (Å²) in [7, 11) is 0. The van der Waals surface area contributed by atoms with Gasteiger partial charge in [0.05, 0.1) is 28.4 Å². The van der Waals surface area contributed by atoms with Crippen molar-refractivity contribution < 1.29 is 4.74 Å². The van der Waals surface area contributed by atoms with Gasteiger partial charge in [0.25, 0.3) is 0 Å². The number of aromatic nitrogens is 1. The molecule has 0 saturated heterocycles. The van der Waals surface area contributed by atoms with Gasteiger partial charge < -0.3 is 4.74 Å². The number of rotatable bonds is 7. The van der Waals surface area contributed by atoms with E-state index < -0.39 is 0 Å². The van der Waals surface area contributed by atoms with Crippen molar-refractivity contribution >= 4 is 45.6 Å². The molecule has 0 bridgehead atoms. The molecule has 0 aliphatic heterocycles. The van der Waals surface area contributed by atoms with E-state index in [4.69, 9.17) is 16.3 Å². The number of thiazole rings is 1. The van der Waals surface area contributed by atoms with Crippen LogP contribution in [0.4, 0.5) is 5.13 Å². The molecule has 0 atom stereocenters. The van der Waals surface area contributed by atoms with Crippen LogP contribution >= 0.6 is 34.3 Å². The van der Waals surface area contributed by atoms with Crippen LogP contribution in [-0.4, -0.2) is 17.8 Å². The number of thiophene rings is 1. The second-order valence-corrected chi connectivity index (χ2v) is 7.87. The number of hydrazone groups is 1. The van der Waals surface area contributed by atoms with Gasteiger partial charge in [-0.3, -0.25) is 5.43 Å². The summed E-state index contributed by atoms with van der Waals surface area (Å²) in [6, 6.07) is 9.72. The van der Waals surface area contributed by atoms with Gasteiger partial charge in [0, 0.05) is 4.88 Å². The molecule has 0 radical (unpaired) electrons. The van der Waals surface area contributed by atoms with E-state index in [-0.39, 0.29) is 0 Å². The maximum absolute atomic E-state index is 6.23. The zero-order valence-corrected chi connectivity index (χ0v) is 16.3. The first-order chi connectivity index (χ1) is 12.2. The third-order valence-corrected chi connectivity index (χ3v) is 5.39. The number of anilines is 1. The normalized spacial score (nSPS) is 11.2. The minimum absolute atomic E-state index is 0.586. The van der Waals surface area contributed by atoms with Crippen molar-refractivity contribution in [1.29, 1.82) is 0 Å². The molecule has 1 aromatic carbocycles. The summed E-state index contributed by atoms with van der Waals surface area (Å²) in [5.41, 5.74) is 4.90. The molecule has 4 nitrogen and oxygen atoms in total. The largest absolute Gasteiger partial charge is 0.492 e. The number of hydrogen-bond donors (Lipinski definition) is 1. The van der Waals surface area contributed by atoms with E-state index in [0.717, 1.165) is 22.8 Å². The van der Waals surface area contributed by atoms with Crippen molar-refractivity contribution in [2.75, 3.05) is 12.0 Å². The van der Waals surface area contributed by atoms with E-state index in [0.29, 0.717) is 17.4 Å². The highest BCUT2D eigenvalue weighted by atomic mass is 35.5. The number of benzene rings is 1. The van der Waals surface area contributed by atoms with E-state index in [9.17, 15) is 0 Å². The van der Waals surface area contributed by atoms with Crippen molar-refractivity contribution in [3.63, 3.8) is 0 Å². The summed E-state index contributed by atoms with van der Waals surface area (Å²) in [6.07, 6.45) is 2.67. The third-order valence-electron chi connectivity index (χ3n) is 3.34. The Hall–Kier alpha value is -1.89. The lowest BCUT2D eigenvalue weighted by Gasteiger charge is -2.06. The Morgan fingerprint density at radius 2 is 2.24 bits per heavy atom. The van der Waals surface area contributed by atoms with Crippen LogP contribution in [0.5, 0.6) is 5.75 Å².